The van der Waals surface area contributed by atoms with Gasteiger partial charge in [-0.3, -0.25) is 0 Å². The minimum absolute atomic E-state index is 0.719. The molecule has 2 aliphatic rings. The lowest BCUT2D eigenvalue weighted by molar-refractivity contribution is 0.363. The zero-order valence-electron chi connectivity index (χ0n) is 25.0. The fourth-order valence-electron chi connectivity index (χ4n) is 7.93. The molecule has 2 unspecified atom stereocenters. The molecule has 2 heteroatoms. The zero-order valence-corrected chi connectivity index (χ0v) is 29.3. The molecule has 0 amide bonds. The Hall–Kier alpha value is -0.360. The number of allylic oxidation sites excluding steroid dienone is 4. The molecule has 208 valence electrons. The SMILES string of the molecule is CCCC1=C(CCC)C2Cc3c(c(CCC)c4cc(I)c(I)cc4c3CCC)CC2C(CCC)=C1CCC. The number of aryl methyl sites for hydroxylation is 2. The molecular weight excluding hydrogens is 686 g/mol. The van der Waals surface area contributed by atoms with Crippen LogP contribution in [0.25, 0.3) is 10.8 Å². The third kappa shape index (κ3) is 5.83. The number of fused-ring (bicyclic) bond motifs is 3. The van der Waals surface area contributed by atoms with Crippen LogP contribution in [0.15, 0.2) is 34.4 Å². The number of benzene rings is 2. The average molecular weight is 737 g/mol. The van der Waals surface area contributed by atoms with Crippen LogP contribution < -0.4 is 0 Å². The van der Waals surface area contributed by atoms with Gasteiger partial charge in [-0.15, -0.1) is 0 Å². The summed E-state index contributed by atoms with van der Waals surface area (Å²) in [4.78, 5) is 0. The van der Waals surface area contributed by atoms with E-state index in [0.717, 1.165) is 11.8 Å². The Morgan fingerprint density at radius 1 is 0.526 bits per heavy atom. The molecule has 0 fully saturated rings. The van der Waals surface area contributed by atoms with E-state index in [-0.39, 0.29) is 0 Å². The van der Waals surface area contributed by atoms with Gasteiger partial charge in [0.05, 0.1) is 0 Å². The molecule has 0 saturated carbocycles. The van der Waals surface area contributed by atoms with Gasteiger partial charge in [0.2, 0.25) is 0 Å². The Kier molecular flexibility index (Phi) is 11.3. The van der Waals surface area contributed by atoms with Gasteiger partial charge in [0.25, 0.3) is 0 Å². The van der Waals surface area contributed by atoms with Crippen LogP contribution in [0.2, 0.25) is 0 Å². The lowest BCUT2D eigenvalue weighted by atomic mass is 9.60. The quantitative estimate of drug-likeness (QED) is 0.190. The van der Waals surface area contributed by atoms with Crippen LogP contribution in [0, 0.1) is 19.0 Å². The second-order valence-corrected chi connectivity index (χ2v) is 14.2. The van der Waals surface area contributed by atoms with Crippen LogP contribution in [0.4, 0.5) is 0 Å². The molecule has 0 bridgehead atoms. The van der Waals surface area contributed by atoms with E-state index in [1.54, 1.807) is 44.2 Å². The van der Waals surface area contributed by atoms with Crippen molar-refractivity contribution in [2.75, 3.05) is 0 Å². The van der Waals surface area contributed by atoms with Gasteiger partial charge in [-0.2, -0.15) is 0 Å². The number of rotatable bonds is 12. The summed E-state index contributed by atoms with van der Waals surface area (Å²) in [6, 6.07) is 5.06. The van der Waals surface area contributed by atoms with E-state index in [1.807, 2.05) is 11.1 Å². The minimum atomic E-state index is 0.719. The van der Waals surface area contributed by atoms with Gasteiger partial charge >= 0.3 is 0 Å². The molecule has 2 atom stereocenters. The maximum Gasteiger partial charge on any atom is 0.0270 e. The lowest BCUT2D eigenvalue weighted by Gasteiger charge is -2.44. The van der Waals surface area contributed by atoms with Gasteiger partial charge < -0.3 is 0 Å². The molecule has 38 heavy (non-hydrogen) atoms. The van der Waals surface area contributed by atoms with Crippen molar-refractivity contribution in [3.8, 4) is 0 Å². The van der Waals surface area contributed by atoms with E-state index in [4.69, 9.17) is 0 Å². The van der Waals surface area contributed by atoms with Crippen molar-refractivity contribution in [3.63, 3.8) is 0 Å². The van der Waals surface area contributed by atoms with Crippen molar-refractivity contribution < 1.29 is 0 Å². The van der Waals surface area contributed by atoms with Crippen LogP contribution >= 0.6 is 45.2 Å². The lowest BCUT2D eigenvalue weighted by Crippen LogP contribution is -2.34. The second kappa shape index (κ2) is 14.0. The highest BCUT2D eigenvalue weighted by Gasteiger charge is 2.40. The molecule has 0 saturated heterocycles. The van der Waals surface area contributed by atoms with Crippen LogP contribution in [0.5, 0.6) is 0 Å². The maximum atomic E-state index is 2.56. The monoisotopic (exact) mass is 736 g/mol. The van der Waals surface area contributed by atoms with Crippen molar-refractivity contribution >= 4 is 56.0 Å². The predicted octanol–water partition coefficient (Wildman–Crippen LogP) is 12.1. The largest absolute Gasteiger partial charge is 0.0651 e. The van der Waals surface area contributed by atoms with E-state index in [9.17, 15) is 0 Å². The maximum absolute atomic E-state index is 2.56. The van der Waals surface area contributed by atoms with Gasteiger partial charge in [0.1, 0.15) is 0 Å². The summed E-state index contributed by atoms with van der Waals surface area (Å²) >= 11 is 5.13. The zero-order chi connectivity index (χ0) is 27.4. The topological polar surface area (TPSA) is 0 Å². The standard InChI is InChI=1S/C36H50I2/c1-7-13-23-24(14-8-2)26(16-10-4)30-20-32-28(18-12-6)34-22-36(38)35(37)21-33(34)27(17-11-5)31(32)19-29(30)25(23)15-9-3/h21-22,29-30H,7-20H2,1-6H3. The Morgan fingerprint density at radius 3 is 1.18 bits per heavy atom. The van der Waals surface area contributed by atoms with Crippen LogP contribution in [0.3, 0.4) is 0 Å². The molecule has 2 aromatic rings. The fraction of sp³-hybridized carbons (Fsp3) is 0.611. The smallest absolute Gasteiger partial charge is 0.0270 e. The minimum Gasteiger partial charge on any atom is -0.0651 e. The van der Waals surface area contributed by atoms with Gasteiger partial charge in [-0.1, -0.05) is 91.2 Å². The van der Waals surface area contributed by atoms with Crippen molar-refractivity contribution in [2.45, 2.75) is 131 Å². The Bertz CT molecular complexity index is 1120. The molecule has 0 N–H and O–H groups in total. The van der Waals surface area contributed by atoms with E-state index in [0.29, 0.717) is 0 Å². The highest BCUT2D eigenvalue weighted by Crippen LogP contribution is 2.52. The van der Waals surface area contributed by atoms with Crippen LogP contribution in [-0.2, 0) is 25.7 Å². The predicted molar refractivity (Wildman–Crippen MR) is 185 cm³/mol. The summed E-state index contributed by atoms with van der Waals surface area (Å²) in [5, 5.41) is 3.14. The molecule has 0 nitrogen and oxygen atoms in total. The Morgan fingerprint density at radius 2 is 0.868 bits per heavy atom. The number of hydrogen-bond acceptors (Lipinski definition) is 0. The van der Waals surface area contributed by atoms with E-state index >= 15 is 0 Å². The number of halogens is 2. The van der Waals surface area contributed by atoms with Gasteiger partial charge in [0.15, 0.2) is 0 Å². The Labute approximate surface area is 261 Å². The van der Waals surface area contributed by atoms with E-state index in [2.05, 4.69) is 98.9 Å². The van der Waals surface area contributed by atoms with Gasteiger partial charge in [-0.05, 0) is 165 Å². The van der Waals surface area contributed by atoms with Gasteiger partial charge in [-0.25, -0.2) is 0 Å². The van der Waals surface area contributed by atoms with Crippen molar-refractivity contribution in [1.82, 2.24) is 0 Å². The first-order chi connectivity index (χ1) is 18.4. The van der Waals surface area contributed by atoms with Crippen LogP contribution in [-0.4, -0.2) is 0 Å². The molecule has 2 aromatic carbocycles. The first-order valence-corrected chi connectivity index (χ1v) is 18.0. The average Bonchev–Trinajstić information content (AvgIpc) is 2.90. The van der Waals surface area contributed by atoms with Crippen LogP contribution in [0.1, 0.15) is 128 Å². The molecule has 0 aliphatic heterocycles. The first-order valence-electron chi connectivity index (χ1n) is 15.8. The third-order valence-electron chi connectivity index (χ3n) is 9.21. The van der Waals surface area contributed by atoms with Crippen molar-refractivity contribution in [2.24, 2.45) is 11.8 Å². The van der Waals surface area contributed by atoms with E-state index in [1.165, 1.54) is 97.0 Å². The fourth-order valence-corrected chi connectivity index (χ4v) is 8.86. The summed E-state index contributed by atoms with van der Waals surface area (Å²) < 4.78 is 2.83. The number of hydrogen-bond donors (Lipinski definition) is 0. The van der Waals surface area contributed by atoms with Gasteiger partial charge in [0, 0.05) is 7.14 Å². The molecule has 0 aromatic heterocycles. The highest BCUT2D eigenvalue weighted by molar-refractivity contribution is 14.1. The normalized spacial score (nSPS) is 19.4. The van der Waals surface area contributed by atoms with Crippen molar-refractivity contribution in [1.29, 1.82) is 0 Å². The molecule has 0 heterocycles. The molecule has 2 aliphatic carbocycles. The summed E-state index contributed by atoms with van der Waals surface area (Å²) in [5.74, 6) is 1.44. The second-order valence-electron chi connectivity index (χ2n) is 11.9. The summed E-state index contributed by atoms with van der Waals surface area (Å²) in [7, 11) is 0. The molecule has 0 spiro atoms. The summed E-state index contributed by atoms with van der Waals surface area (Å²) in [5.41, 5.74) is 14.3. The molecular formula is C36H50I2. The highest BCUT2D eigenvalue weighted by atomic mass is 127. The third-order valence-corrected chi connectivity index (χ3v) is 12.0. The van der Waals surface area contributed by atoms with Crippen molar-refractivity contribution in [3.05, 3.63) is 63.8 Å². The summed E-state index contributed by atoms with van der Waals surface area (Å²) in [6.07, 6.45) is 17.7. The van der Waals surface area contributed by atoms with E-state index < -0.39 is 0 Å². The molecule has 0 radical (unpaired) electrons. The first kappa shape index (κ1) is 30.6. The Balaban J connectivity index is 2.03. The summed E-state index contributed by atoms with van der Waals surface area (Å²) in [6.45, 7) is 14.4. The molecule has 4 rings (SSSR count).